The maximum atomic E-state index is 12.5. The van der Waals surface area contributed by atoms with Crippen LogP contribution in [0.25, 0.3) is 22.4 Å². The summed E-state index contributed by atoms with van der Waals surface area (Å²) in [7, 11) is 0. The first-order valence-electron chi connectivity index (χ1n) is 10.4. The molecule has 1 aliphatic heterocycles. The van der Waals surface area contributed by atoms with Crippen LogP contribution in [-0.4, -0.2) is 41.7 Å². The molecule has 1 amide bonds. The summed E-state index contributed by atoms with van der Waals surface area (Å²) in [6, 6.07) is 15.3. The number of pyridine rings is 1. The van der Waals surface area contributed by atoms with Crippen LogP contribution in [0.5, 0.6) is 11.5 Å². The lowest BCUT2D eigenvalue weighted by molar-refractivity contribution is -0.119. The number of aromatic hydroxyl groups is 1. The molecule has 1 aromatic heterocycles. The number of hydrogen-bond acceptors (Lipinski definition) is 5. The highest BCUT2D eigenvalue weighted by molar-refractivity contribution is 9.10. The largest absolute Gasteiger partial charge is 0.507 e. The maximum Gasteiger partial charge on any atom is 0.387 e. The molecule has 1 atom stereocenters. The van der Waals surface area contributed by atoms with Gasteiger partial charge in [0.1, 0.15) is 17.3 Å². The maximum absolute atomic E-state index is 12.5. The average molecular weight is 518 g/mol. The Bertz CT molecular complexity index is 1160. The number of halogens is 3. The highest BCUT2D eigenvalue weighted by Gasteiger charge is 2.25. The van der Waals surface area contributed by atoms with Crippen LogP contribution < -0.4 is 15.0 Å². The van der Waals surface area contributed by atoms with Gasteiger partial charge < -0.3 is 20.1 Å². The first-order chi connectivity index (χ1) is 15.8. The normalized spacial score (nSPS) is 15.7. The lowest BCUT2D eigenvalue weighted by Crippen LogP contribution is -2.35. The van der Waals surface area contributed by atoms with E-state index in [0.29, 0.717) is 30.2 Å². The number of benzene rings is 2. The van der Waals surface area contributed by atoms with Crippen molar-refractivity contribution in [2.45, 2.75) is 26.0 Å². The molecule has 1 aliphatic rings. The van der Waals surface area contributed by atoms with E-state index in [1.165, 1.54) is 19.1 Å². The second kappa shape index (κ2) is 9.74. The van der Waals surface area contributed by atoms with Crippen molar-refractivity contribution in [1.82, 2.24) is 10.3 Å². The van der Waals surface area contributed by atoms with Gasteiger partial charge in [0.15, 0.2) is 0 Å². The molecule has 1 saturated heterocycles. The topological polar surface area (TPSA) is 74.7 Å². The van der Waals surface area contributed by atoms with E-state index in [4.69, 9.17) is 4.98 Å². The first-order valence-corrected chi connectivity index (χ1v) is 11.2. The number of nitrogens with zero attached hydrogens (tertiary/aromatic N) is 2. The molecule has 2 heterocycles. The van der Waals surface area contributed by atoms with Crippen LogP contribution in [0.15, 0.2) is 59.1 Å². The van der Waals surface area contributed by atoms with E-state index in [9.17, 15) is 18.7 Å². The van der Waals surface area contributed by atoms with E-state index in [-0.39, 0.29) is 23.4 Å². The number of rotatable bonds is 6. The Hall–Kier alpha value is -3.20. The van der Waals surface area contributed by atoms with Crippen LogP contribution in [0, 0.1) is 0 Å². The van der Waals surface area contributed by atoms with E-state index < -0.39 is 6.61 Å². The fraction of sp³-hybridized carbons (Fsp3) is 0.250. The molecule has 6 nitrogen and oxygen atoms in total. The van der Waals surface area contributed by atoms with Crippen LogP contribution in [0.1, 0.15) is 13.3 Å². The van der Waals surface area contributed by atoms with Crippen molar-refractivity contribution in [3.05, 3.63) is 59.1 Å². The van der Waals surface area contributed by atoms with Crippen LogP contribution in [0.3, 0.4) is 0 Å². The molecule has 9 heteroatoms. The Balaban J connectivity index is 1.74. The third-order valence-corrected chi connectivity index (χ3v) is 5.87. The summed E-state index contributed by atoms with van der Waals surface area (Å²) < 4.78 is 30.2. The van der Waals surface area contributed by atoms with Crippen molar-refractivity contribution in [1.29, 1.82) is 0 Å². The summed E-state index contributed by atoms with van der Waals surface area (Å²) in [5.74, 6) is 0.787. The highest BCUT2D eigenvalue weighted by Crippen LogP contribution is 2.36. The minimum Gasteiger partial charge on any atom is -0.507 e. The Morgan fingerprint density at radius 1 is 1.18 bits per heavy atom. The van der Waals surface area contributed by atoms with Crippen LogP contribution >= 0.6 is 15.9 Å². The summed E-state index contributed by atoms with van der Waals surface area (Å²) in [5, 5.41) is 13.4. The number of nitrogens with one attached hydrogen (secondary N) is 1. The summed E-state index contributed by atoms with van der Waals surface area (Å²) in [5.41, 5.74) is 2.72. The molecule has 0 bridgehead atoms. The summed E-state index contributed by atoms with van der Waals surface area (Å²) in [4.78, 5) is 18.3. The fourth-order valence-electron chi connectivity index (χ4n) is 3.90. The van der Waals surface area contributed by atoms with Crippen molar-refractivity contribution in [3.63, 3.8) is 0 Å². The summed E-state index contributed by atoms with van der Waals surface area (Å²) in [6.07, 6.45) is 0.794. The van der Waals surface area contributed by atoms with Crippen LogP contribution in [-0.2, 0) is 4.79 Å². The SMILES string of the molecule is CC(=O)NC1CCN(c2cc(-c3ccc(OC(F)F)cc3)cc(-c3cc(Br)ccc3O)n2)C1. The van der Waals surface area contributed by atoms with Gasteiger partial charge in [-0.15, -0.1) is 0 Å². The van der Waals surface area contributed by atoms with Gasteiger partial charge in [-0.25, -0.2) is 4.98 Å². The molecule has 172 valence electrons. The molecule has 2 N–H and O–H groups in total. The predicted octanol–water partition coefficient (Wildman–Crippen LogP) is 5.20. The van der Waals surface area contributed by atoms with Gasteiger partial charge >= 0.3 is 6.61 Å². The number of phenolic OH excluding ortho intramolecular Hbond substituents is 1. The molecule has 0 saturated carbocycles. The lowest BCUT2D eigenvalue weighted by atomic mass is 10.0. The number of aromatic nitrogens is 1. The molecule has 0 aliphatic carbocycles. The molecule has 2 aromatic carbocycles. The van der Waals surface area contributed by atoms with Gasteiger partial charge in [0.05, 0.1) is 5.69 Å². The Morgan fingerprint density at radius 3 is 2.64 bits per heavy atom. The minimum atomic E-state index is -2.89. The number of carbonyl (C=O) groups excluding carboxylic acids is 1. The molecule has 1 unspecified atom stereocenters. The Morgan fingerprint density at radius 2 is 1.94 bits per heavy atom. The van der Waals surface area contributed by atoms with Gasteiger partial charge in [0.2, 0.25) is 5.91 Å². The van der Waals surface area contributed by atoms with Crippen LogP contribution in [0.4, 0.5) is 14.6 Å². The van der Waals surface area contributed by atoms with Gasteiger partial charge in [-0.2, -0.15) is 8.78 Å². The quantitative estimate of drug-likeness (QED) is 0.470. The zero-order valence-corrected chi connectivity index (χ0v) is 19.4. The van der Waals surface area contributed by atoms with Gasteiger partial charge in [-0.3, -0.25) is 4.79 Å². The molecule has 1 fully saturated rings. The van der Waals surface area contributed by atoms with Crippen molar-refractivity contribution < 1.29 is 23.4 Å². The third-order valence-electron chi connectivity index (χ3n) is 5.38. The van der Waals surface area contributed by atoms with Crippen LogP contribution in [0.2, 0.25) is 0 Å². The third kappa shape index (κ3) is 5.60. The number of carbonyl (C=O) groups is 1. The van der Waals surface area contributed by atoms with Gasteiger partial charge in [0, 0.05) is 36.1 Å². The smallest absolute Gasteiger partial charge is 0.387 e. The fourth-order valence-corrected chi connectivity index (χ4v) is 4.26. The van der Waals surface area contributed by atoms with E-state index in [2.05, 4.69) is 30.9 Å². The van der Waals surface area contributed by atoms with E-state index in [0.717, 1.165) is 22.0 Å². The van der Waals surface area contributed by atoms with Crippen molar-refractivity contribution in [2.75, 3.05) is 18.0 Å². The average Bonchev–Trinajstić information content (AvgIpc) is 3.23. The Labute approximate surface area is 198 Å². The summed E-state index contributed by atoms with van der Waals surface area (Å²) in [6.45, 7) is -0.0637. The molecule has 33 heavy (non-hydrogen) atoms. The molecule has 0 radical (unpaired) electrons. The molecular weight excluding hydrogens is 496 g/mol. The monoisotopic (exact) mass is 517 g/mol. The number of ether oxygens (including phenoxy) is 1. The number of amides is 1. The molecule has 3 aromatic rings. The van der Waals surface area contributed by atoms with Gasteiger partial charge in [-0.05, 0) is 60.0 Å². The lowest BCUT2D eigenvalue weighted by Gasteiger charge is -2.20. The number of anilines is 1. The minimum absolute atomic E-state index is 0.0291. The number of phenols is 1. The summed E-state index contributed by atoms with van der Waals surface area (Å²) >= 11 is 3.44. The van der Waals surface area contributed by atoms with Crippen molar-refractivity contribution in [2.24, 2.45) is 0 Å². The zero-order valence-electron chi connectivity index (χ0n) is 17.8. The molecule has 4 rings (SSSR count). The standard InChI is InChI=1S/C24H22BrF2N3O3/c1-14(31)28-18-8-9-30(13-18)23-11-16(15-2-5-19(6-3-15)33-24(26)27)10-21(29-23)20-12-17(25)4-7-22(20)32/h2-7,10-12,18,24,32H,8-9,13H2,1H3,(H,28,31). The zero-order chi connectivity index (χ0) is 23.5. The Kier molecular flexibility index (Phi) is 6.78. The second-order valence-corrected chi connectivity index (χ2v) is 8.71. The molecule has 0 spiro atoms. The molecular formula is C24H22BrF2N3O3. The van der Waals surface area contributed by atoms with Gasteiger partial charge in [0.25, 0.3) is 0 Å². The highest BCUT2D eigenvalue weighted by atomic mass is 79.9. The number of hydrogen-bond donors (Lipinski definition) is 2. The number of alkyl halides is 2. The van der Waals surface area contributed by atoms with Gasteiger partial charge in [-0.1, -0.05) is 28.1 Å². The van der Waals surface area contributed by atoms with E-state index in [1.54, 1.807) is 30.3 Å². The van der Waals surface area contributed by atoms with Crippen molar-refractivity contribution in [3.8, 4) is 33.9 Å². The first kappa shape index (κ1) is 23.0. The van der Waals surface area contributed by atoms with Crippen molar-refractivity contribution >= 4 is 27.7 Å². The van der Waals surface area contributed by atoms with E-state index in [1.807, 2.05) is 12.1 Å². The van der Waals surface area contributed by atoms with E-state index >= 15 is 0 Å². The predicted molar refractivity (Wildman–Crippen MR) is 126 cm³/mol. The second-order valence-electron chi connectivity index (χ2n) is 7.80.